The summed E-state index contributed by atoms with van der Waals surface area (Å²) in [5.74, 6) is 0.262. The zero-order valence-corrected chi connectivity index (χ0v) is 39.4. The van der Waals surface area contributed by atoms with Crippen molar-refractivity contribution in [2.45, 2.75) is 124 Å². The van der Waals surface area contributed by atoms with Crippen molar-refractivity contribution in [2.24, 2.45) is 29.6 Å². The van der Waals surface area contributed by atoms with E-state index in [-0.39, 0.29) is 67.0 Å². The van der Waals surface area contributed by atoms with E-state index in [0.717, 1.165) is 8.95 Å². The van der Waals surface area contributed by atoms with E-state index in [1.54, 1.807) is 36.4 Å². The molecule has 5 rings (SSSR count). The minimum absolute atomic E-state index is 0.0217. The van der Waals surface area contributed by atoms with E-state index in [2.05, 4.69) is 45.7 Å². The van der Waals surface area contributed by atoms with Crippen molar-refractivity contribution in [1.82, 2.24) is 0 Å². The van der Waals surface area contributed by atoms with Gasteiger partial charge in [-0.2, -0.15) is 0 Å². The lowest BCUT2D eigenvalue weighted by Crippen LogP contribution is -2.60. The van der Waals surface area contributed by atoms with Gasteiger partial charge in [0.15, 0.2) is 6.10 Å². The van der Waals surface area contributed by atoms with Crippen LogP contribution in [0, 0.1) is 29.6 Å². The molecule has 17 nitrogen and oxygen atoms in total. The van der Waals surface area contributed by atoms with Crippen molar-refractivity contribution in [3.05, 3.63) is 57.5 Å². The number of esters is 4. The van der Waals surface area contributed by atoms with Crippen molar-refractivity contribution in [2.75, 3.05) is 19.8 Å². The number of carbonyl (C=O) groups is 4. The third-order valence-electron chi connectivity index (χ3n) is 11.0. The molecule has 0 spiro atoms. The molecule has 0 radical (unpaired) electrons. The van der Waals surface area contributed by atoms with Crippen LogP contribution in [0.15, 0.2) is 57.5 Å². The fourth-order valence-corrected chi connectivity index (χ4v) is 7.26. The van der Waals surface area contributed by atoms with Crippen LogP contribution in [0.1, 0.15) is 62.3 Å². The van der Waals surface area contributed by atoms with Crippen LogP contribution in [0.5, 0.6) is 11.5 Å². The van der Waals surface area contributed by atoms with Crippen LogP contribution in [0.25, 0.3) is 0 Å². The molecule has 0 saturated carbocycles. The smallest absolute Gasteiger partial charge is 0.304 e. The molecular formula is C43H60Br2O17. The van der Waals surface area contributed by atoms with Crippen molar-refractivity contribution >= 4 is 55.7 Å². The van der Waals surface area contributed by atoms with Crippen molar-refractivity contribution < 1.29 is 82.2 Å². The van der Waals surface area contributed by atoms with Gasteiger partial charge < -0.3 is 63.1 Å². The predicted molar refractivity (Wildman–Crippen MR) is 227 cm³/mol. The van der Waals surface area contributed by atoms with Gasteiger partial charge in [0.2, 0.25) is 18.9 Å². The first-order valence-corrected chi connectivity index (χ1v) is 21.8. The summed E-state index contributed by atoms with van der Waals surface area (Å²) in [5, 5.41) is 38.1. The van der Waals surface area contributed by atoms with E-state index >= 15 is 0 Å². The van der Waals surface area contributed by atoms with Crippen LogP contribution in [-0.2, 0) is 52.3 Å². The average Bonchev–Trinajstić information content (AvgIpc) is 3.21. The highest BCUT2D eigenvalue weighted by Gasteiger charge is 2.46. The first kappa shape index (κ1) is 52.9. The maximum Gasteiger partial charge on any atom is 0.304 e. The van der Waals surface area contributed by atoms with Gasteiger partial charge in [-0.1, -0.05) is 66.5 Å². The maximum atomic E-state index is 11.5. The Bertz CT molecular complexity index is 1710. The Morgan fingerprint density at radius 1 is 0.516 bits per heavy atom. The van der Waals surface area contributed by atoms with E-state index in [4.69, 9.17) is 47.7 Å². The zero-order chi connectivity index (χ0) is 46.4. The first-order chi connectivity index (χ1) is 29.1. The van der Waals surface area contributed by atoms with Crippen LogP contribution in [-0.4, -0.2) is 126 Å². The Morgan fingerprint density at radius 2 is 0.935 bits per heavy atom. The van der Waals surface area contributed by atoms with Crippen molar-refractivity contribution in [3.63, 3.8) is 0 Å². The Hall–Kier alpha value is -3.40. The fourth-order valence-electron chi connectivity index (χ4n) is 6.73. The molecule has 0 bridgehead atoms. The second-order valence-electron chi connectivity index (χ2n) is 15.5. The molecule has 3 heterocycles. The summed E-state index contributed by atoms with van der Waals surface area (Å²) in [6, 6.07) is 14.1. The molecule has 2 aromatic carbocycles. The molecule has 4 N–H and O–H groups in total. The summed E-state index contributed by atoms with van der Waals surface area (Å²) in [7, 11) is 0. The van der Waals surface area contributed by atoms with E-state index in [1.807, 2.05) is 32.9 Å². The van der Waals surface area contributed by atoms with Crippen LogP contribution in [0.2, 0.25) is 0 Å². The van der Waals surface area contributed by atoms with Crippen LogP contribution in [0.4, 0.5) is 0 Å². The highest BCUT2D eigenvalue weighted by Crippen LogP contribution is 2.36. The Kier molecular flexibility index (Phi) is 21.5. The number of aliphatic hydroxyl groups excluding tert-OH is 4. The molecule has 3 fully saturated rings. The van der Waals surface area contributed by atoms with E-state index in [9.17, 15) is 34.5 Å². The largest absolute Gasteiger partial charge is 0.463 e. The molecule has 348 valence electrons. The number of hydrogen-bond donors (Lipinski definition) is 4. The highest BCUT2D eigenvalue weighted by atomic mass is 79.9. The van der Waals surface area contributed by atoms with E-state index in [1.165, 1.54) is 27.7 Å². The van der Waals surface area contributed by atoms with Gasteiger partial charge in [-0.25, -0.2) is 0 Å². The Labute approximate surface area is 378 Å². The molecule has 19 heteroatoms. The van der Waals surface area contributed by atoms with Gasteiger partial charge in [0.25, 0.3) is 0 Å². The quantitative estimate of drug-likeness (QED) is 0.177. The first-order valence-electron chi connectivity index (χ1n) is 20.2. The SMILES string of the molecule is CC(=O)OCC1OC(OC(C)=O)C(C)[C@@H](C)[C@@H]1C.CC(=O)OCC1O[C@@H](Oc2ccc(Br)cc2)C(OC(C)=O)[C@@H](C)[C@@H]1C.OCC1O[C@@H](Oc2ccc(Br)cc2)C(O)[C@@H](O)[C@@H]1O. The lowest BCUT2D eigenvalue weighted by molar-refractivity contribution is -0.277. The van der Waals surface area contributed by atoms with Gasteiger partial charge in [0.05, 0.1) is 18.8 Å². The number of carbonyl (C=O) groups excluding carboxylic acids is 4. The monoisotopic (exact) mass is 1010 g/mol. The number of rotatable bonds is 11. The fraction of sp³-hybridized carbons (Fsp3) is 0.628. The number of hydrogen-bond acceptors (Lipinski definition) is 17. The van der Waals surface area contributed by atoms with E-state index in [0.29, 0.717) is 17.4 Å². The third kappa shape index (κ3) is 16.0. The third-order valence-corrected chi connectivity index (χ3v) is 12.0. The predicted octanol–water partition coefficient (Wildman–Crippen LogP) is 4.69. The standard InChI is InChI=1S/C18H23BrO6.C13H22O5.C12H15BrO6/c1-10-11(2)17(23-13(4)21)18(25-16(10)9-22-12(3)20)24-15-7-5-14(19)6-8-15;1-7-8(2)12(6-16-10(4)14)18-13(9(7)3)17-11(5)15;13-6-1-3-7(4-2-6)18-12-11(17)10(16)9(15)8(5-14)19-12/h5-8,10-11,16-18H,9H2,1-4H3;7-9,12-13H,6H2,1-5H3;1-4,8-12,14-17H,5H2/t10-,11-,16?,17?,18+;7-,8-,9?,12?,13?;8?,9-,10+,11?,12-/m001/s1. The Morgan fingerprint density at radius 3 is 1.37 bits per heavy atom. The Balaban J connectivity index is 0.000000252. The molecule has 3 aliphatic heterocycles. The number of ether oxygens (including phenoxy) is 9. The van der Waals surface area contributed by atoms with Gasteiger partial charge in [-0.3, -0.25) is 19.2 Å². The maximum absolute atomic E-state index is 11.5. The molecule has 3 saturated heterocycles. The van der Waals surface area contributed by atoms with Gasteiger partial charge in [-0.15, -0.1) is 0 Å². The molecule has 62 heavy (non-hydrogen) atoms. The normalized spacial score (nSPS) is 32.9. The van der Waals surface area contributed by atoms with Crippen molar-refractivity contribution in [3.8, 4) is 11.5 Å². The lowest BCUT2D eigenvalue weighted by Gasteiger charge is -2.43. The molecule has 7 unspecified atom stereocenters. The molecule has 0 amide bonds. The molecule has 0 aliphatic carbocycles. The summed E-state index contributed by atoms with van der Waals surface area (Å²) >= 11 is 6.65. The van der Waals surface area contributed by atoms with Crippen LogP contribution >= 0.6 is 31.9 Å². The summed E-state index contributed by atoms with van der Waals surface area (Å²) in [6.07, 6.45) is -8.82. The summed E-state index contributed by atoms with van der Waals surface area (Å²) < 4.78 is 50.7. The molecule has 15 atom stereocenters. The summed E-state index contributed by atoms with van der Waals surface area (Å²) in [6.45, 7) is 15.4. The molecule has 2 aromatic rings. The lowest BCUT2D eigenvalue weighted by atomic mass is 9.79. The van der Waals surface area contributed by atoms with Crippen LogP contribution in [0.3, 0.4) is 0 Å². The number of aliphatic hydroxyl groups is 4. The molecule has 3 aliphatic rings. The van der Waals surface area contributed by atoms with Crippen molar-refractivity contribution in [1.29, 1.82) is 0 Å². The number of benzene rings is 2. The van der Waals surface area contributed by atoms with Gasteiger partial charge in [-0.05, 0) is 66.3 Å². The van der Waals surface area contributed by atoms with Gasteiger partial charge >= 0.3 is 23.9 Å². The van der Waals surface area contributed by atoms with Gasteiger partial charge in [0.1, 0.15) is 49.1 Å². The summed E-state index contributed by atoms with van der Waals surface area (Å²) in [5.41, 5.74) is 0. The zero-order valence-electron chi connectivity index (χ0n) is 36.3. The minimum Gasteiger partial charge on any atom is -0.463 e. The molecular weight excluding hydrogens is 948 g/mol. The highest BCUT2D eigenvalue weighted by molar-refractivity contribution is 9.10. The van der Waals surface area contributed by atoms with E-state index < -0.39 is 62.0 Å². The van der Waals surface area contributed by atoms with Gasteiger partial charge in [0, 0.05) is 48.5 Å². The topological polar surface area (TPSA) is 232 Å². The minimum atomic E-state index is -1.44. The average molecular weight is 1010 g/mol. The second-order valence-corrected chi connectivity index (χ2v) is 17.3. The molecule has 0 aromatic heterocycles. The van der Waals surface area contributed by atoms with Crippen LogP contribution < -0.4 is 9.47 Å². The second kappa shape index (κ2) is 25.2. The summed E-state index contributed by atoms with van der Waals surface area (Å²) in [4.78, 5) is 44.5. The number of halogens is 2.